The Morgan fingerprint density at radius 1 is 1.67 bits per heavy atom. The molecule has 12 heavy (non-hydrogen) atoms. The molecule has 0 fully saturated rings. The van der Waals surface area contributed by atoms with E-state index in [0.717, 1.165) is 0 Å². The maximum absolute atomic E-state index is 10.7. The van der Waals surface area contributed by atoms with E-state index in [1.807, 2.05) is 0 Å². The summed E-state index contributed by atoms with van der Waals surface area (Å²) in [4.78, 5) is 25.2. The third-order valence-corrected chi connectivity index (χ3v) is 1.22. The maximum Gasteiger partial charge on any atom is 0.320 e. The number of nitrogens with two attached hydrogens (primary N) is 1. The summed E-state index contributed by atoms with van der Waals surface area (Å²) in [6, 6.07) is -0.993. The Morgan fingerprint density at radius 2 is 2.25 bits per heavy atom. The minimum absolute atomic E-state index is 0.0430. The van der Waals surface area contributed by atoms with Crippen molar-refractivity contribution < 1.29 is 19.5 Å². The normalized spacial score (nSPS) is 12.2. The number of hydrogen-bond donors (Lipinski definition) is 3. The molecule has 0 radical (unpaired) electrons. The van der Waals surface area contributed by atoms with Crippen LogP contribution in [0.4, 0.5) is 0 Å². The van der Waals surface area contributed by atoms with Crippen molar-refractivity contribution >= 4 is 11.9 Å². The second-order valence-corrected chi connectivity index (χ2v) is 2.21. The molecule has 6 nitrogen and oxygen atoms in total. The van der Waals surface area contributed by atoms with E-state index in [1.165, 1.54) is 7.11 Å². The van der Waals surface area contributed by atoms with Gasteiger partial charge in [-0.15, -0.1) is 0 Å². The first kappa shape index (κ1) is 10.9. The van der Waals surface area contributed by atoms with Crippen LogP contribution in [-0.2, 0) is 14.4 Å². The number of carbonyl (C=O) groups excluding carboxylic acids is 1. The molecule has 0 aromatic carbocycles. The van der Waals surface area contributed by atoms with Gasteiger partial charge in [0, 0.05) is 6.42 Å². The van der Waals surface area contributed by atoms with Crippen molar-refractivity contribution in [3.05, 3.63) is 0 Å². The number of rotatable bonds is 5. The molecule has 0 aromatic heterocycles. The Morgan fingerprint density at radius 3 is 2.67 bits per heavy atom. The first-order chi connectivity index (χ1) is 5.57. The fraction of sp³-hybridized carbons (Fsp3) is 0.667. The second kappa shape index (κ2) is 5.50. The van der Waals surface area contributed by atoms with Crippen LogP contribution < -0.4 is 11.2 Å². The molecule has 1 amide bonds. The molecule has 4 N–H and O–H groups in total. The van der Waals surface area contributed by atoms with Crippen molar-refractivity contribution in [3.8, 4) is 0 Å². The van der Waals surface area contributed by atoms with Crippen LogP contribution in [0.5, 0.6) is 0 Å². The third kappa shape index (κ3) is 4.64. The molecule has 0 rings (SSSR count). The van der Waals surface area contributed by atoms with Crippen LogP contribution in [0.1, 0.15) is 12.8 Å². The standard InChI is InChI=1S/C6H12N2O4/c1-12-8-5(9)3-2-4(7)6(10)11/h4H,2-3,7H2,1H3,(H,8,9)(H,10,11)/t4-/m0/s1. The first-order valence-electron chi connectivity index (χ1n) is 3.38. The maximum atomic E-state index is 10.7. The first-order valence-corrected chi connectivity index (χ1v) is 3.38. The van der Waals surface area contributed by atoms with E-state index in [4.69, 9.17) is 10.8 Å². The smallest absolute Gasteiger partial charge is 0.320 e. The van der Waals surface area contributed by atoms with Crippen LogP contribution in [-0.4, -0.2) is 30.1 Å². The second-order valence-electron chi connectivity index (χ2n) is 2.21. The molecule has 0 saturated heterocycles. The van der Waals surface area contributed by atoms with Crippen LogP contribution in [0.3, 0.4) is 0 Å². The molecule has 0 aliphatic carbocycles. The van der Waals surface area contributed by atoms with E-state index < -0.39 is 12.0 Å². The largest absolute Gasteiger partial charge is 0.480 e. The highest BCUT2D eigenvalue weighted by Gasteiger charge is 2.12. The molecular formula is C6H12N2O4. The molecule has 0 bridgehead atoms. The molecule has 1 atom stereocenters. The van der Waals surface area contributed by atoms with Gasteiger partial charge in [-0.2, -0.15) is 0 Å². The molecule has 0 heterocycles. The van der Waals surface area contributed by atoms with Crippen molar-refractivity contribution in [1.82, 2.24) is 5.48 Å². The minimum Gasteiger partial charge on any atom is -0.480 e. The van der Waals surface area contributed by atoms with E-state index in [2.05, 4.69) is 10.3 Å². The number of hydrogen-bond acceptors (Lipinski definition) is 4. The van der Waals surface area contributed by atoms with Crippen molar-refractivity contribution in [3.63, 3.8) is 0 Å². The molecule has 0 aromatic rings. The lowest BCUT2D eigenvalue weighted by molar-refractivity contribution is -0.139. The Hall–Kier alpha value is -1.14. The van der Waals surface area contributed by atoms with Crippen molar-refractivity contribution in [2.45, 2.75) is 18.9 Å². The van der Waals surface area contributed by atoms with Crippen LogP contribution in [0.2, 0.25) is 0 Å². The summed E-state index contributed by atoms with van der Waals surface area (Å²) >= 11 is 0. The Labute approximate surface area is 69.6 Å². The Kier molecular flexibility index (Phi) is 4.98. The predicted octanol–water partition coefficient (Wildman–Crippen LogP) is -1.14. The summed E-state index contributed by atoms with van der Waals surface area (Å²) in [7, 11) is 1.30. The summed E-state index contributed by atoms with van der Waals surface area (Å²) in [5, 5.41) is 8.34. The zero-order valence-electron chi connectivity index (χ0n) is 6.74. The zero-order chi connectivity index (χ0) is 9.56. The van der Waals surface area contributed by atoms with Gasteiger partial charge in [-0.3, -0.25) is 14.4 Å². The quantitative estimate of drug-likeness (QED) is 0.459. The highest BCUT2D eigenvalue weighted by molar-refractivity contribution is 5.77. The van der Waals surface area contributed by atoms with Gasteiger partial charge >= 0.3 is 5.97 Å². The lowest BCUT2D eigenvalue weighted by Crippen LogP contribution is -2.32. The summed E-state index contributed by atoms with van der Waals surface area (Å²) in [5.41, 5.74) is 7.19. The van der Waals surface area contributed by atoms with E-state index in [0.29, 0.717) is 0 Å². The van der Waals surface area contributed by atoms with Crippen LogP contribution in [0.15, 0.2) is 0 Å². The van der Waals surface area contributed by atoms with E-state index in [9.17, 15) is 9.59 Å². The average molecular weight is 176 g/mol. The fourth-order valence-corrected chi connectivity index (χ4v) is 0.575. The van der Waals surface area contributed by atoms with Gasteiger partial charge in [0.05, 0.1) is 7.11 Å². The van der Waals surface area contributed by atoms with E-state index >= 15 is 0 Å². The van der Waals surface area contributed by atoms with E-state index in [1.54, 1.807) is 0 Å². The summed E-state index contributed by atoms with van der Waals surface area (Å²) < 4.78 is 0. The number of hydroxylamine groups is 1. The number of carbonyl (C=O) groups is 2. The fourth-order valence-electron chi connectivity index (χ4n) is 0.575. The van der Waals surface area contributed by atoms with Gasteiger partial charge in [-0.05, 0) is 6.42 Å². The molecule has 6 heteroatoms. The number of amides is 1. The minimum atomic E-state index is -1.11. The van der Waals surface area contributed by atoms with E-state index in [-0.39, 0.29) is 18.7 Å². The predicted molar refractivity (Wildman–Crippen MR) is 40.0 cm³/mol. The summed E-state index contributed by atoms with van der Waals surface area (Å²) in [5.74, 6) is -1.49. The Bertz CT molecular complexity index is 171. The lowest BCUT2D eigenvalue weighted by Gasteiger charge is -2.05. The summed E-state index contributed by atoms with van der Waals surface area (Å²) in [6.45, 7) is 0. The van der Waals surface area contributed by atoms with Gasteiger partial charge in [0.2, 0.25) is 5.91 Å². The van der Waals surface area contributed by atoms with Gasteiger partial charge in [0.15, 0.2) is 0 Å². The van der Waals surface area contributed by atoms with Gasteiger partial charge in [-0.1, -0.05) is 0 Å². The highest BCUT2D eigenvalue weighted by atomic mass is 16.6. The molecule has 0 aliphatic heterocycles. The Balaban J connectivity index is 3.54. The van der Waals surface area contributed by atoms with Crippen molar-refractivity contribution in [2.24, 2.45) is 5.73 Å². The van der Waals surface area contributed by atoms with Crippen LogP contribution in [0, 0.1) is 0 Å². The number of aliphatic carboxylic acids is 1. The van der Waals surface area contributed by atoms with Gasteiger partial charge in [0.1, 0.15) is 6.04 Å². The van der Waals surface area contributed by atoms with Gasteiger partial charge < -0.3 is 10.8 Å². The van der Waals surface area contributed by atoms with Crippen molar-refractivity contribution in [1.29, 1.82) is 0 Å². The van der Waals surface area contributed by atoms with Crippen molar-refractivity contribution in [2.75, 3.05) is 7.11 Å². The molecule has 0 aliphatic rings. The molecule has 0 spiro atoms. The molecule has 70 valence electrons. The van der Waals surface area contributed by atoms with Crippen LogP contribution in [0.25, 0.3) is 0 Å². The monoisotopic (exact) mass is 176 g/mol. The lowest BCUT2D eigenvalue weighted by atomic mass is 10.2. The van der Waals surface area contributed by atoms with Crippen LogP contribution >= 0.6 is 0 Å². The van der Waals surface area contributed by atoms with Gasteiger partial charge in [-0.25, -0.2) is 5.48 Å². The highest BCUT2D eigenvalue weighted by Crippen LogP contribution is 1.94. The molecule has 0 unspecified atom stereocenters. The zero-order valence-corrected chi connectivity index (χ0v) is 6.74. The number of carboxylic acid groups (broad SMARTS) is 1. The number of nitrogens with one attached hydrogen (secondary N) is 1. The third-order valence-electron chi connectivity index (χ3n) is 1.22. The number of carboxylic acids is 1. The average Bonchev–Trinajstić information content (AvgIpc) is 2.00. The SMILES string of the molecule is CONC(=O)CC[C@H](N)C(=O)O. The molecule has 0 saturated carbocycles. The molecular weight excluding hydrogens is 164 g/mol. The van der Waals surface area contributed by atoms with Gasteiger partial charge in [0.25, 0.3) is 0 Å². The summed E-state index contributed by atoms with van der Waals surface area (Å²) in [6.07, 6.45) is 0.145. The topological polar surface area (TPSA) is 102 Å².